The third-order valence-electron chi connectivity index (χ3n) is 4.46. The van der Waals surface area contributed by atoms with Crippen LogP contribution < -0.4 is 10.2 Å². The third kappa shape index (κ3) is 3.35. The van der Waals surface area contributed by atoms with Crippen LogP contribution >= 0.6 is 0 Å². The molecule has 0 saturated carbocycles. The van der Waals surface area contributed by atoms with Gasteiger partial charge in [-0.2, -0.15) is 5.10 Å². The van der Waals surface area contributed by atoms with Crippen LogP contribution in [0, 0.1) is 5.92 Å². The predicted octanol–water partition coefficient (Wildman–Crippen LogP) is 3.08. The molecule has 0 spiro atoms. The van der Waals surface area contributed by atoms with Crippen LogP contribution in [0.2, 0.25) is 0 Å². The Kier molecular flexibility index (Phi) is 4.69. The second kappa shape index (κ2) is 6.91. The summed E-state index contributed by atoms with van der Waals surface area (Å²) < 4.78 is 2.00. The summed E-state index contributed by atoms with van der Waals surface area (Å²) in [6, 6.07) is 10.7. The highest BCUT2D eigenvalue weighted by molar-refractivity contribution is 5.86. The first-order valence-electron chi connectivity index (χ1n) is 8.38. The molecule has 5 nitrogen and oxygen atoms in total. The molecule has 3 rings (SSSR count). The van der Waals surface area contributed by atoms with Gasteiger partial charge in [-0.05, 0) is 29.7 Å². The minimum atomic E-state index is -0.130. The molecule has 5 heteroatoms. The number of anilines is 2. The highest BCUT2D eigenvalue weighted by Gasteiger charge is 2.26. The van der Waals surface area contributed by atoms with Gasteiger partial charge in [-0.1, -0.05) is 32.6 Å². The lowest BCUT2D eigenvalue weighted by molar-refractivity contribution is -0.116. The molecular weight excluding hydrogens is 300 g/mol. The Morgan fingerprint density at radius 3 is 2.75 bits per heavy atom. The minimum absolute atomic E-state index is 0.130. The van der Waals surface area contributed by atoms with Gasteiger partial charge in [0, 0.05) is 37.3 Å². The number of fused-ring (bicyclic) bond motifs is 1. The van der Waals surface area contributed by atoms with Crippen molar-refractivity contribution in [1.82, 2.24) is 15.1 Å². The van der Waals surface area contributed by atoms with Gasteiger partial charge in [0.05, 0.1) is 6.20 Å². The number of nitrogens with zero attached hydrogens (tertiary/aromatic N) is 3. The number of aromatic nitrogens is 2. The smallest absolute Gasteiger partial charge is 0.243 e. The van der Waals surface area contributed by atoms with Crippen molar-refractivity contribution < 1.29 is 4.79 Å². The quantitative estimate of drug-likeness (QED) is 0.860. The number of rotatable bonds is 5. The Bertz CT molecular complexity index is 717. The van der Waals surface area contributed by atoms with Crippen molar-refractivity contribution in [3.05, 3.63) is 54.7 Å². The molecule has 1 aliphatic rings. The van der Waals surface area contributed by atoms with Crippen LogP contribution in [0.4, 0.5) is 11.5 Å². The molecule has 0 unspecified atom stereocenters. The maximum Gasteiger partial charge on any atom is 0.243 e. The van der Waals surface area contributed by atoms with Gasteiger partial charge >= 0.3 is 0 Å². The van der Waals surface area contributed by atoms with Gasteiger partial charge in [-0.25, -0.2) is 4.68 Å². The summed E-state index contributed by atoms with van der Waals surface area (Å²) >= 11 is 0. The maximum atomic E-state index is 11.4. The van der Waals surface area contributed by atoms with Crippen molar-refractivity contribution in [2.75, 3.05) is 18.0 Å². The zero-order valence-electron chi connectivity index (χ0n) is 14.3. The van der Waals surface area contributed by atoms with E-state index in [1.54, 1.807) is 0 Å². The summed E-state index contributed by atoms with van der Waals surface area (Å²) in [6.45, 7) is 10.2. The molecule has 1 aromatic heterocycles. The van der Waals surface area contributed by atoms with Crippen LogP contribution in [0.15, 0.2) is 49.2 Å². The highest BCUT2D eigenvalue weighted by atomic mass is 16.1. The standard InChI is InChI=1S/C19H24N4O/c1-4-18(24)20-11-15-12-22(19-9-10-21-23(19)13-15)17-7-5-16(6-8-17)14(2)3/h4-10,14-15H,1,11-13H2,2-3H3,(H,20,24)/t15-/m1/s1. The Morgan fingerprint density at radius 1 is 1.33 bits per heavy atom. The van der Waals surface area contributed by atoms with Crippen LogP contribution in [0.3, 0.4) is 0 Å². The molecule has 1 aliphatic heterocycles. The van der Waals surface area contributed by atoms with E-state index < -0.39 is 0 Å². The molecule has 0 fully saturated rings. The molecular formula is C19H24N4O. The fraction of sp³-hybridized carbons (Fsp3) is 0.368. The van der Waals surface area contributed by atoms with Gasteiger partial charge < -0.3 is 10.2 Å². The number of amides is 1. The molecule has 1 aromatic carbocycles. The number of benzene rings is 1. The fourth-order valence-electron chi connectivity index (χ4n) is 3.07. The van der Waals surface area contributed by atoms with Gasteiger partial charge in [-0.3, -0.25) is 4.79 Å². The molecule has 0 radical (unpaired) electrons. The lowest BCUT2D eigenvalue weighted by Gasteiger charge is -2.35. The van der Waals surface area contributed by atoms with Crippen molar-refractivity contribution >= 4 is 17.4 Å². The first kappa shape index (κ1) is 16.3. The molecule has 1 N–H and O–H groups in total. The zero-order chi connectivity index (χ0) is 17.1. The summed E-state index contributed by atoms with van der Waals surface area (Å²) in [5.41, 5.74) is 2.49. The second-order valence-electron chi connectivity index (χ2n) is 6.54. The van der Waals surface area contributed by atoms with E-state index in [2.05, 4.69) is 60.0 Å². The monoisotopic (exact) mass is 324 g/mol. The van der Waals surface area contributed by atoms with Crippen LogP contribution in [0.5, 0.6) is 0 Å². The zero-order valence-corrected chi connectivity index (χ0v) is 14.3. The van der Waals surface area contributed by atoms with E-state index in [4.69, 9.17) is 0 Å². The first-order valence-corrected chi connectivity index (χ1v) is 8.38. The molecule has 2 aromatic rings. The maximum absolute atomic E-state index is 11.4. The number of hydrogen-bond donors (Lipinski definition) is 1. The summed E-state index contributed by atoms with van der Waals surface area (Å²) in [7, 11) is 0. The first-order chi connectivity index (χ1) is 11.6. The average Bonchev–Trinajstić information content (AvgIpc) is 3.07. The molecule has 1 atom stereocenters. The summed E-state index contributed by atoms with van der Waals surface area (Å²) in [4.78, 5) is 13.7. The number of carbonyl (C=O) groups is 1. The van der Waals surface area contributed by atoms with Crippen LogP contribution in [-0.4, -0.2) is 28.8 Å². The molecule has 24 heavy (non-hydrogen) atoms. The van der Waals surface area contributed by atoms with E-state index in [0.717, 1.165) is 24.6 Å². The van der Waals surface area contributed by atoms with E-state index in [1.807, 2.05) is 16.9 Å². The van der Waals surface area contributed by atoms with Gasteiger partial charge in [0.25, 0.3) is 0 Å². The summed E-state index contributed by atoms with van der Waals surface area (Å²) in [5.74, 6) is 1.78. The van der Waals surface area contributed by atoms with Gasteiger partial charge in [-0.15, -0.1) is 0 Å². The molecule has 126 valence electrons. The SMILES string of the molecule is C=CC(=O)NC[C@@H]1CN(c2ccc(C(C)C)cc2)c2ccnn2C1. The Balaban J connectivity index is 1.81. The fourth-order valence-corrected chi connectivity index (χ4v) is 3.07. The van der Waals surface area contributed by atoms with E-state index in [0.29, 0.717) is 18.4 Å². The van der Waals surface area contributed by atoms with Crippen LogP contribution in [0.25, 0.3) is 0 Å². The topological polar surface area (TPSA) is 50.2 Å². The van der Waals surface area contributed by atoms with Crippen molar-refractivity contribution in [3.8, 4) is 0 Å². The van der Waals surface area contributed by atoms with Gasteiger partial charge in [0.1, 0.15) is 5.82 Å². The average molecular weight is 324 g/mol. The van der Waals surface area contributed by atoms with Crippen LogP contribution in [-0.2, 0) is 11.3 Å². The summed E-state index contributed by atoms with van der Waals surface area (Å²) in [5, 5.41) is 7.31. The van der Waals surface area contributed by atoms with Crippen molar-refractivity contribution in [1.29, 1.82) is 0 Å². The number of carbonyl (C=O) groups excluding carboxylic acids is 1. The largest absolute Gasteiger partial charge is 0.352 e. The Labute approximate surface area is 143 Å². The Morgan fingerprint density at radius 2 is 2.08 bits per heavy atom. The van der Waals surface area contributed by atoms with E-state index >= 15 is 0 Å². The number of hydrogen-bond acceptors (Lipinski definition) is 3. The lowest BCUT2D eigenvalue weighted by atomic mass is 10.0. The van der Waals surface area contributed by atoms with Crippen molar-refractivity contribution in [3.63, 3.8) is 0 Å². The van der Waals surface area contributed by atoms with E-state index in [-0.39, 0.29) is 5.91 Å². The Hall–Kier alpha value is -2.56. The highest BCUT2D eigenvalue weighted by Crippen LogP contribution is 2.31. The minimum Gasteiger partial charge on any atom is -0.352 e. The van der Waals surface area contributed by atoms with E-state index in [9.17, 15) is 4.79 Å². The molecule has 0 bridgehead atoms. The molecule has 1 amide bonds. The summed E-state index contributed by atoms with van der Waals surface area (Å²) in [6.07, 6.45) is 3.14. The molecule has 2 heterocycles. The van der Waals surface area contributed by atoms with Gasteiger partial charge in [0.2, 0.25) is 5.91 Å². The molecule has 0 saturated heterocycles. The van der Waals surface area contributed by atoms with Gasteiger partial charge in [0.15, 0.2) is 0 Å². The molecule has 0 aliphatic carbocycles. The number of nitrogens with one attached hydrogen (secondary N) is 1. The van der Waals surface area contributed by atoms with Crippen molar-refractivity contribution in [2.45, 2.75) is 26.3 Å². The normalized spacial score (nSPS) is 16.8. The third-order valence-corrected chi connectivity index (χ3v) is 4.46. The van der Waals surface area contributed by atoms with Crippen molar-refractivity contribution in [2.24, 2.45) is 5.92 Å². The second-order valence-corrected chi connectivity index (χ2v) is 6.54. The predicted molar refractivity (Wildman–Crippen MR) is 96.5 cm³/mol. The lowest BCUT2D eigenvalue weighted by Crippen LogP contribution is -2.41. The van der Waals surface area contributed by atoms with E-state index in [1.165, 1.54) is 11.6 Å². The van der Waals surface area contributed by atoms with Crippen LogP contribution in [0.1, 0.15) is 25.3 Å².